The number of nitrogens with one attached hydrogen (secondary N) is 1. The second kappa shape index (κ2) is 6.62. The molecule has 1 heterocycles. The van der Waals surface area contributed by atoms with Crippen LogP contribution in [-0.4, -0.2) is 32.8 Å². The number of aliphatic hydroxyl groups excluding tert-OH is 1. The summed E-state index contributed by atoms with van der Waals surface area (Å²) in [6.45, 7) is 7.57. The molecular formula is C16H26N2O3S. The highest BCUT2D eigenvalue weighted by Gasteiger charge is 2.34. The summed E-state index contributed by atoms with van der Waals surface area (Å²) in [4.78, 5) is 12.5. The van der Waals surface area contributed by atoms with E-state index in [1.54, 1.807) is 17.8 Å². The summed E-state index contributed by atoms with van der Waals surface area (Å²) in [7, 11) is 0. The van der Waals surface area contributed by atoms with E-state index in [-0.39, 0.29) is 12.5 Å². The van der Waals surface area contributed by atoms with Gasteiger partial charge >= 0.3 is 0 Å². The van der Waals surface area contributed by atoms with Crippen LogP contribution in [0.3, 0.4) is 0 Å². The molecule has 0 aliphatic heterocycles. The number of aliphatic hydroxyl groups is 1. The predicted octanol–water partition coefficient (Wildman–Crippen LogP) is 3.34. The molecule has 5 nitrogen and oxygen atoms in total. The number of aromatic nitrogens is 1. The minimum Gasteiger partial charge on any atom is -0.395 e. The Morgan fingerprint density at radius 1 is 1.41 bits per heavy atom. The quantitative estimate of drug-likeness (QED) is 0.838. The van der Waals surface area contributed by atoms with Gasteiger partial charge in [-0.3, -0.25) is 4.79 Å². The van der Waals surface area contributed by atoms with Crippen molar-refractivity contribution in [2.24, 2.45) is 0 Å². The van der Waals surface area contributed by atoms with E-state index in [0.717, 1.165) is 0 Å². The lowest BCUT2D eigenvalue weighted by Crippen LogP contribution is -2.35. The maximum atomic E-state index is 12.5. The summed E-state index contributed by atoms with van der Waals surface area (Å²) in [5, 5.41) is 16.6. The van der Waals surface area contributed by atoms with Gasteiger partial charge in [-0.05, 0) is 26.7 Å². The molecule has 22 heavy (non-hydrogen) atoms. The lowest BCUT2D eigenvalue weighted by atomic mass is 9.92. The molecule has 0 aromatic carbocycles. The molecule has 1 aliphatic rings. The van der Waals surface area contributed by atoms with Crippen molar-refractivity contribution in [2.45, 2.75) is 68.8 Å². The van der Waals surface area contributed by atoms with Gasteiger partial charge < -0.3 is 14.9 Å². The number of nitrogens with zero attached hydrogens (tertiary/aromatic N) is 1. The first kappa shape index (κ1) is 17.3. The van der Waals surface area contributed by atoms with E-state index < -0.39 is 10.2 Å². The standard InChI is InChI=1S/C16H26N2O3S/c1-15(2,10-19)12-9-13(18-21-12)17-14(20)16(3,4)22-11-7-5-6-8-11/h9,11,19H,5-8,10H2,1-4H3,(H,17,18,20). The number of hydrogen-bond acceptors (Lipinski definition) is 5. The summed E-state index contributed by atoms with van der Waals surface area (Å²) in [5.41, 5.74) is -0.510. The Bertz CT molecular complexity index is 519. The first-order chi connectivity index (χ1) is 10.2. The Morgan fingerprint density at radius 3 is 2.64 bits per heavy atom. The molecule has 1 saturated carbocycles. The van der Waals surface area contributed by atoms with Crippen molar-refractivity contribution in [2.75, 3.05) is 11.9 Å². The molecular weight excluding hydrogens is 300 g/mol. The number of amides is 1. The average molecular weight is 326 g/mol. The molecule has 0 saturated heterocycles. The zero-order chi connectivity index (χ0) is 16.4. The average Bonchev–Trinajstić information content (AvgIpc) is 3.10. The number of anilines is 1. The van der Waals surface area contributed by atoms with Crippen molar-refractivity contribution in [3.05, 3.63) is 11.8 Å². The van der Waals surface area contributed by atoms with E-state index >= 15 is 0 Å². The normalized spacial score (nSPS) is 17.0. The monoisotopic (exact) mass is 326 g/mol. The largest absolute Gasteiger partial charge is 0.395 e. The molecule has 0 unspecified atom stereocenters. The van der Waals surface area contributed by atoms with Gasteiger partial charge in [0.25, 0.3) is 0 Å². The first-order valence-corrected chi connectivity index (χ1v) is 8.70. The van der Waals surface area contributed by atoms with Crippen molar-refractivity contribution in [3.8, 4) is 0 Å². The lowest BCUT2D eigenvalue weighted by molar-refractivity contribution is -0.117. The Kier molecular flexibility index (Phi) is 5.22. The fraction of sp³-hybridized carbons (Fsp3) is 0.750. The van der Waals surface area contributed by atoms with Gasteiger partial charge in [0.15, 0.2) is 5.82 Å². The number of carbonyl (C=O) groups is 1. The van der Waals surface area contributed by atoms with Crippen LogP contribution in [0, 0.1) is 0 Å². The van der Waals surface area contributed by atoms with E-state index in [1.807, 2.05) is 27.7 Å². The van der Waals surface area contributed by atoms with Gasteiger partial charge in [-0.15, -0.1) is 11.8 Å². The van der Waals surface area contributed by atoms with Crippen LogP contribution in [0.4, 0.5) is 5.82 Å². The van der Waals surface area contributed by atoms with Crippen LogP contribution >= 0.6 is 11.8 Å². The highest BCUT2D eigenvalue weighted by atomic mass is 32.2. The Morgan fingerprint density at radius 2 is 2.05 bits per heavy atom. The predicted molar refractivity (Wildman–Crippen MR) is 89.2 cm³/mol. The third-order valence-electron chi connectivity index (χ3n) is 4.12. The summed E-state index contributed by atoms with van der Waals surface area (Å²) in [6.07, 6.45) is 4.91. The fourth-order valence-corrected chi connectivity index (χ4v) is 4.03. The van der Waals surface area contributed by atoms with Crippen LogP contribution in [-0.2, 0) is 10.2 Å². The fourth-order valence-electron chi connectivity index (χ4n) is 2.47. The second-order valence-electron chi connectivity index (χ2n) is 7.11. The van der Waals surface area contributed by atoms with Gasteiger partial charge in [-0.2, -0.15) is 0 Å². The number of carbonyl (C=O) groups excluding carboxylic acids is 1. The molecule has 2 N–H and O–H groups in total. The topological polar surface area (TPSA) is 75.4 Å². The van der Waals surface area contributed by atoms with Crippen molar-refractivity contribution >= 4 is 23.5 Å². The van der Waals surface area contributed by atoms with E-state index in [2.05, 4.69) is 10.5 Å². The summed E-state index contributed by atoms with van der Waals surface area (Å²) < 4.78 is 4.74. The molecule has 6 heteroatoms. The number of thioether (sulfide) groups is 1. The van der Waals surface area contributed by atoms with Gasteiger partial charge in [0.2, 0.25) is 5.91 Å². The van der Waals surface area contributed by atoms with Crippen LogP contribution in [0.2, 0.25) is 0 Å². The summed E-state index contributed by atoms with van der Waals surface area (Å²) in [5.74, 6) is 0.902. The van der Waals surface area contributed by atoms with Gasteiger partial charge in [0.05, 0.1) is 11.4 Å². The van der Waals surface area contributed by atoms with Crippen molar-refractivity contribution in [1.29, 1.82) is 0 Å². The van der Waals surface area contributed by atoms with Crippen molar-refractivity contribution in [3.63, 3.8) is 0 Å². The Balaban J connectivity index is 1.98. The zero-order valence-corrected chi connectivity index (χ0v) is 14.6. The number of rotatable bonds is 6. The highest BCUT2D eigenvalue weighted by Crippen LogP contribution is 2.38. The maximum absolute atomic E-state index is 12.5. The van der Waals surface area contributed by atoms with Crippen molar-refractivity contribution < 1.29 is 14.4 Å². The summed E-state index contributed by atoms with van der Waals surface area (Å²) >= 11 is 1.74. The van der Waals surface area contributed by atoms with Crippen LogP contribution in [0.25, 0.3) is 0 Å². The van der Waals surface area contributed by atoms with Crippen molar-refractivity contribution in [1.82, 2.24) is 5.16 Å². The van der Waals surface area contributed by atoms with E-state index in [1.165, 1.54) is 25.7 Å². The smallest absolute Gasteiger partial charge is 0.241 e. The second-order valence-corrected chi connectivity index (χ2v) is 9.03. The third kappa shape index (κ3) is 4.04. The number of hydrogen-bond donors (Lipinski definition) is 2. The van der Waals surface area contributed by atoms with Gasteiger partial charge in [-0.1, -0.05) is 31.8 Å². The van der Waals surface area contributed by atoms with Gasteiger partial charge in [0, 0.05) is 16.7 Å². The Hall–Kier alpha value is -1.01. The van der Waals surface area contributed by atoms with E-state index in [9.17, 15) is 9.90 Å². The van der Waals surface area contributed by atoms with E-state index in [0.29, 0.717) is 16.8 Å². The van der Waals surface area contributed by atoms with Gasteiger partial charge in [-0.25, -0.2) is 0 Å². The van der Waals surface area contributed by atoms with Crippen LogP contribution in [0.1, 0.15) is 59.1 Å². The minimum absolute atomic E-state index is 0.0431. The Labute approximate surface area is 136 Å². The molecule has 1 fully saturated rings. The highest BCUT2D eigenvalue weighted by molar-refractivity contribution is 8.02. The van der Waals surface area contributed by atoms with E-state index in [4.69, 9.17) is 4.52 Å². The third-order valence-corrected chi connectivity index (χ3v) is 5.70. The molecule has 1 amide bonds. The summed E-state index contributed by atoms with van der Waals surface area (Å²) in [6, 6.07) is 1.68. The molecule has 0 atom stereocenters. The molecule has 2 rings (SSSR count). The van der Waals surface area contributed by atoms with Crippen LogP contribution in [0.5, 0.6) is 0 Å². The molecule has 1 aliphatic carbocycles. The van der Waals surface area contributed by atoms with Crippen LogP contribution < -0.4 is 5.32 Å². The van der Waals surface area contributed by atoms with Crippen LogP contribution in [0.15, 0.2) is 10.6 Å². The molecule has 1 aromatic heterocycles. The lowest BCUT2D eigenvalue weighted by Gasteiger charge is -2.25. The van der Waals surface area contributed by atoms with Gasteiger partial charge in [0.1, 0.15) is 5.76 Å². The first-order valence-electron chi connectivity index (χ1n) is 7.82. The molecule has 0 radical (unpaired) electrons. The zero-order valence-electron chi connectivity index (χ0n) is 13.8. The minimum atomic E-state index is -0.510. The maximum Gasteiger partial charge on any atom is 0.241 e. The molecule has 0 bridgehead atoms. The molecule has 0 spiro atoms. The SMILES string of the molecule is CC(C)(SC1CCCC1)C(=O)Nc1cc(C(C)(C)CO)on1. The molecule has 1 aromatic rings. The molecule has 124 valence electrons.